The lowest BCUT2D eigenvalue weighted by Crippen LogP contribution is -2.27. The van der Waals surface area contributed by atoms with E-state index in [4.69, 9.17) is 4.74 Å². The van der Waals surface area contributed by atoms with Gasteiger partial charge in [-0.2, -0.15) is 0 Å². The van der Waals surface area contributed by atoms with Gasteiger partial charge in [-0.05, 0) is 30.4 Å². The van der Waals surface area contributed by atoms with Gasteiger partial charge in [0, 0.05) is 5.92 Å². The van der Waals surface area contributed by atoms with Crippen LogP contribution in [0.3, 0.4) is 0 Å². The van der Waals surface area contributed by atoms with Crippen molar-refractivity contribution in [1.82, 2.24) is 0 Å². The molecule has 1 aromatic rings. The Bertz CT molecular complexity index is 431. The summed E-state index contributed by atoms with van der Waals surface area (Å²) in [5, 5.41) is 0. The molecule has 0 fully saturated rings. The van der Waals surface area contributed by atoms with Crippen LogP contribution in [0.4, 0.5) is 0 Å². The minimum atomic E-state index is 0.635. The molecule has 0 bridgehead atoms. The van der Waals surface area contributed by atoms with Crippen LogP contribution in [0.15, 0.2) is 48.6 Å². The SMILES string of the molecule is C1=CCC(C2COc3ccccc3C2)C=C1. The summed E-state index contributed by atoms with van der Waals surface area (Å²) >= 11 is 0. The fourth-order valence-corrected chi connectivity index (χ4v) is 2.58. The first-order valence-electron chi connectivity index (χ1n) is 5.97. The largest absolute Gasteiger partial charge is 0.493 e. The van der Waals surface area contributed by atoms with Gasteiger partial charge < -0.3 is 4.74 Å². The predicted octanol–water partition coefficient (Wildman–Crippen LogP) is 3.37. The number of benzene rings is 1. The Balaban J connectivity index is 1.77. The van der Waals surface area contributed by atoms with E-state index >= 15 is 0 Å². The zero-order valence-electron chi connectivity index (χ0n) is 9.30. The summed E-state index contributed by atoms with van der Waals surface area (Å²) < 4.78 is 5.83. The molecule has 82 valence electrons. The van der Waals surface area contributed by atoms with Gasteiger partial charge in [-0.25, -0.2) is 0 Å². The first-order chi connectivity index (χ1) is 7.93. The summed E-state index contributed by atoms with van der Waals surface area (Å²) in [5.74, 6) is 2.36. The van der Waals surface area contributed by atoms with Crippen molar-refractivity contribution >= 4 is 0 Å². The summed E-state index contributed by atoms with van der Waals surface area (Å²) in [4.78, 5) is 0. The quantitative estimate of drug-likeness (QED) is 0.693. The lowest BCUT2D eigenvalue weighted by Gasteiger charge is -2.30. The van der Waals surface area contributed by atoms with Gasteiger partial charge in [-0.1, -0.05) is 42.5 Å². The standard InChI is InChI=1S/C15H16O/c1-2-6-12(7-3-1)14-10-13-8-4-5-9-15(13)16-11-14/h1-6,8-9,12,14H,7,10-11H2. The van der Waals surface area contributed by atoms with Crippen LogP contribution in [0.2, 0.25) is 0 Å². The lowest BCUT2D eigenvalue weighted by atomic mass is 9.82. The average molecular weight is 212 g/mol. The Labute approximate surface area is 96.4 Å². The van der Waals surface area contributed by atoms with Crippen molar-refractivity contribution in [2.75, 3.05) is 6.61 Å². The molecular formula is C15H16O. The molecule has 16 heavy (non-hydrogen) atoms. The number of fused-ring (bicyclic) bond motifs is 1. The van der Waals surface area contributed by atoms with Crippen molar-refractivity contribution in [1.29, 1.82) is 0 Å². The second kappa shape index (κ2) is 4.17. The summed E-state index contributed by atoms with van der Waals surface area (Å²) in [6.07, 6.45) is 11.2. The smallest absolute Gasteiger partial charge is 0.122 e. The van der Waals surface area contributed by atoms with E-state index in [0.717, 1.165) is 25.2 Å². The van der Waals surface area contributed by atoms with Crippen molar-refractivity contribution in [3.8, 4) is 5.75 Å². The summed E-state index contributed by atoms with van der Waals surface area (Å²) in [6.45, 7) is 0.861. The highest BCUT2D eigenvalue weighted by atomic mass is 16.5. The van der Waals surface area contributed by atoms with Crippen LogP contribution in [-0.2, 0) is 6.42 Å². The molecule has 1 heteroatoms. The Hall–Kier alpha value is -1.50. The number of rotatable bonds is 1. The molecule has 2 atom stereocenters. The molecule has 1 aliphatic heterocycles. The second-order valence-corrected chi connectivity index (χ2v) is 4.60. The first kappa shape index (κ1) is 9.71. The van der Waals surface area contributed by atoms with Crippen molar-refractivity contribution in [3.63, 3.8) is 0 Å². The van der Waals surface area contributed by atoms with Crippen LogP contribution in [0, 0.1) is 11.8 Å². The van der Waals surface area contributed by atoms with E-state index in [-0.39, 0.29) is 0 Å². The second-order valence-electron chi connectivity index (χ2n) is 4.60. The van der Waals surface area contributed by atoms with Crippen molar-refractivity contribution < 1.29 is 4.74 Å². The maximum absolute atomic E-state index is 5.83. The van der Waals surface area contributed by atoms with E-state index in [1.807, 2.05) is 6.07 Å². The third kappa shape index (κ3) is 1.78. The van der Waals surface area contributed by atoms with Crippen LogP contribution >= 0.6 is 0 Å². The van der Waals surface area contributed by atoms with Gasteiger partial charge in [0.05, 0.1) is 6.61 Å². The molecule has 0 spiro atoms. The van der Waals surface area contributed by atoms with Crippen LogP contribution in [0.5, 0.6) is 5.75 Å². The number of allylic oxidation sites excluding steroid dienone is 4. The molecule has 0 saturated carbocycles. The highest BCUT2D eigenvalue weighted by molar-refractivity contribution is 5.35. The van der Waals surface area contributed by atoms with Gasteiger partial charge in [0.2, 0.25) is 0 Å². The minimum absolute atomic E-state index is 0.635. The molecular weight excluding hydrogens is 196 g/mol. The highest BCUT2D eigenvalue weighted by Gasteiger charge is 2.25. The van der Waals surface area contributed by atoms with Gasteiger partial charge in [0.15, 0.2) is 0 Å². The summed E-state index contributed by atoms with van der Waals surface area (Å²) in [7, 11) is 0. The number of hydrogen-bond donors (Lipinski definition) is 0. The molecule has 1 nitrogen and oxygen atoms in total. The Kier molecular flexibility index (Phi) is 2.53. The Morgan fingerprint density at radius 2 is 2.06 bits per heavy atom. The molecule has 1 aliphatic carbocycles. The van der Waals surface area contributed by atoms with E-state index in [0.29, 0.717) is 11.8 Å². The normalized spacial score (nSPS) is 27.2. The molecule has 0 radical (unpaired) electrons. The maximum atomic E-state index is 5.83. The van der Waals surface area contributed by atoms with E-state index in [1.165, 1.54) is 5.56 Å². The minimum Gasteiger partial charge on any atom is -0.493 e. The van der Waals surface area contributed by atoms with Gasteiger partial charge in [0.25, 0.3) is 0 Å². The fourth-order valence-electron chi connectivity index (χ4n) is 2.58. The van der Waals surface area contributed by atoms with E-state index < -0.39 is 0 Å². The van der Waals surface area contributed by atoms with Crippen LogP contribution in [-0.4, -0.2) is 6.61 Å². The molecule has 0 N–H and O–H groups in total. The van der Waals surface area contributed by atoms with Crippen molar-refractivity contribution in [2.45, 2.75) is 12.8 Å². The van der Waals surface area contributed by atoms with Gasteiger partial charge in [-0.3, -0.25) is 0 Å². The van der Waals surface area contributed by atoms with Crippen molar-refractivity contribution in [2.24, 2.45) is 11.8 Å². The lowest BCUT2D eigenvalue weighted by molar-refractivity contribution is 0.189. The number of ether oxygens (including phenoxy) is 1. The van der Waals surface area contributed by atoms with E-state index in [9.17, 15) is 0 Å². The molecule has 2 aliphatic rings. The zero-order chi connectivity index (χ0) is 10.8. The van der Waals surface area contributed by atoms with Crippen LogP contribution < -0.4 is 4.74 Å². The monoisotopic (exact) mass is 212 g/mol. The molecule has 0 amide bonds. The zero-order valence-corrected chi connectivity index (χ0v) is 9.30. The highest BCUT2D eigenvalue weighted by Crippen LogP contribution is 2.33. The Morgan fingerprint density at radius 1 is 1.12 bits per heavy atom. The molecule has 3 rings (SSSR count). The van der Waals surface area contributed by atoms with Gasteiger partial charge in [-0.15, -0.1) is 0 Å². The molecule has 0 aromatic heterocycles. The Morgan fingerprint density at radius 3 is 2.94 bits per heavy atom. The predicted molar refractivity (Wildman–Crippen MR) is 65.5 cm³/mol. The van der Waals surface area contributed by atoms with E-state index in [2.05, 4.69) is 42.5 Å². The summed E-state index contributed by atoms with van der Waals surface area (Å²) in [6, 6.07) is 8.40. The fraction of sp³-hybridized carbons (Fsp3) is 0.333. The number of hydrogen-bond acceptors (Lipinski definition) is 1. The van der Waals surface area contributed by atoms with Crippen molar-refractivity contribution in [3.05, 3.63) is 54.1 Å². The number of para-hydroxylation sites is 1. The molecule has 0 saturated heterocycles. The molecule has 1 aromatic carbocycles. The third-order valence-corrected chi connectivity index (χ3v) is 3.53. The maximum Gasteiger partial charge on any atom is 0.122 e. The molecule has 1 heterocycles. The van der Waals surface area contributed by atoms with Crippen LogP contribution in [0.1, 0.15) is 12.0 Å². The average Bonchev–Trinajstić information content (AvgIpc) is 2.39. The van der Waals surface area contributed by atoms with Gasteiger partial charge >= 0.3 is 0 Å². The molecule has 2 unspecified atom stereocenters. The van der Waals surface area contributed by atoms with Gasteiger partial charge in [0.1, 0.15) is 5.75 Å². The van der Waals surface area contributed by atoms with Crippen LogP contribution in [0.25, 0.3) is 0 Å². The first-order valence-corrected chi connectivity index (χ1v) is 5.97. The van der Waals surface area contributed by atoms with E-state index in [1.54, 1.807) is 0 Å². The third-order valence-electron chi connectivity index (χ3n) is 3.53. The summed E-state index contributed by atoms with van der Waals surface area (Å²) in [5.41, 5.74) is 1.36. The topological polar surface area (TPSA) is 9.23 Å².